The molecule has 0 spiro atoms. The van der Waals surface area contributed by atoms with Gasteiger partial charge in [-0.2, -0.15) is 0 Å². The Morgan fingerprint density at radius 1 is 0.895 bits per heavy atom. The van der Waals surface area contributed by atoms with E-state index in [1.165, 1.54) is 0 Å². The molecule has 0 aliphatic carbocycles. The molecule has 0 radical (unpaired) electrons. The molecule has 0 aromatic carbocycles. The van der Waals surface area contributed by atoms with Gasteiger partial charge in [0.25, 0.3) is 0 Å². The molecule has 0 unspecified atom stereocenters. The molecular weight excluding hydrogens is 246 g/mol. The monoisotopic (exact) mass is 275 g/mol. The van der Waals surface area contributed by atoms with Crippen LogP contribution in [0, 0.1) is 0 Å². The lowest BCUT2D eigenvalue weighted by molar-refractivity contribution is -0.127. The average molecular weight is 275 g/mol. The van der Waals surface area contributed by atoms with Gasteiger partial charge in [-0.15, -0.1) is 0 Å². The number of ether oxygens (including phenoxy) is 3. The molecule has 0 atom stereocenters. The molecule has 0 heterocycles. The van der Waals surface area contributed by atoms with Crippen LogP contribution in [-0.4, -0.2) is 50.1 Å². The fourth-order valence-electron chi connectivity index (χ4n) is 1.25. The van der Waals surface area contributed by atoms with Gasteiger partial charge in [-0.3, -0.25) is 4.79 Å². The summed E-state index contributed by atoms with van der Waals surface area (Å²) in [6.45, 7) is 13.9. The van der Waals surface area contributed by atoms with Crippen LogP contribution in [0.5, 0.6) is 0 Å². The van der Waals surface area contributed by atoms with E-state index in [9.17, 15) is 4.79 Å². The average Bonchev–Trinajstić information content (AvgIpc) is 2.17. The summed E-state index contributed by atoms with van der Waals surface area (Å²) in [7, 11) is 0. The highest BCUT2D eigenvalue weighted by Gasteiger charge is 2.13. The minimum atomic E-state index is -0.221. The number of nitrogens with one attached hydrogen (secondary N) is 1. The lowest BCUT2D eigenvalue weighted by Gasteiger charge is -2.20. The van der Waals surface area contributed by atoms with E-state index in [0.717, 1.165) is 0 Å². The fraction of sp³-hybridized carbons (Fsp3) is 0.929. The summed E-state index contributed by atoms with van der Waals surface area (Å²) in [5, 5.41) is 2.82. The van der Waals surface area contributed by atoms with Crippen molar-refractivity contribution < 1.29 is 19.0 Å². The molecule has 19 heavy (non-hydrogen) atoms. The first-order chi connectivity index (χ1) is 8.60. The van der Waals surface area contributed by atoms with Gasteiger partial charge in [0.2, 0.25) is 5.91 Å². The van der Waals surface area contributed by atoms with E-state index in [0.29, 0.717) is 26.4 Å². The van der Waals surface area contributed by atoms with Gasteiger partial charge >= 0.3 is 0 Å². The summed E-state index contributed by atoms with van der Waals surface area (Å²) in [5.74, 6) is -0.108. The Morgan fingerprint density at radius 3 is 1.95 bits per heavy atom. The summed E-state index contributed by atoms with van der Waals surface area (Å²) in [4.78, 5) is 11.4. The number of rotatable bonds is 8. The number of hydrogen-bond donors (Lipinski definition) is 1. The van der Waals surface area contributed by atoms with E-state index in [1.54, 1.807) is 0 Å². The second-order valence-electron chi connectivity index (χ2n) is 6.42. The van der Waals surface area contributed by atoms with Crippen molar-refractivity contribution in [3.63, 3.8) is 0 Å². The van der Waals surface area contributed by atoms with Gasteiger partial charge in [0.1, 0.15) is 6.61 Å². The molecule has 0 saturated carbocycles. The molecule has 5 nitrogen and oxygen atoms in total. The Balaban J connectivity index is 3.35. The van der Waals surface area contributed by atoms with Gasteiger partial charge < -0.3 is 19.5 Å². The summed E-state index contributed by atoms with van der Waals surface area (Å²) in [6.07, 6.45) is 0. The number of hydrogen-bond acceptors (Lipinski definition) is 4. The lowest BCUT2D eigenvalue weighted by atomic mass is 10.1. The largest absolute Gasteiger partial charge is 0.377 e. The van der Waals surface area contributed by atoms with E-state index >= 15 is 0 Å². The molecule has 0 bridgehead atoms. The van der Waals surface area contributed by atoms with Crippen molar-refractivity contribution >= 4 is 5.91 Å². The van der Waals surface area contributed by atoms with Crippen molar-refractivity contribution in [2.24, 2.45) is 0 Å². The third kappa shape index (κ3) is 15.3. The Kier molecular flexibility index (Phi) is 8.22. The zero-order valence-electron chi connectivity index (χ0n) is 13.2. The van der Waals surface area contributed by atoms with Crippen LogP contribution in [0.1, 0.15) is 41.5 Å². The lowest BCUT2D eigenvalue weighted by Crippen LogP contribution is -2.42. The van der Waals surface area contributed by atoms with Crippen LogP contribution in [0.4, 0.5) is 0 Å². The SMILES string of the molecule is CC(C)(C)NC(=O)COCCOCCOC(C)(C)C. The maximum atomic E-state index is 11.4. The van der Waals surface area contributed by atoms with E-state index in [-0.39, 0.29) is 23.7 Å². The smallest absolute Gasteiger partial charge is 0.246 e. The Labute approximate surface area is 117 Å². The summed E-state index contributed by atoms with van der Waals surface area (Å²) >= 11 is 0. The normalized spacial score (nSPS) is 12.5. The molecule has 0 aliphatic rings. The highest BCUT2D eigenvalue weighted by molar-refractivity contribution is 5.77. The molecular formula is C14H29NO4. The quantitative estimate of drug-likeness (QED) is 0.686. The second kappa shape index (κ2) is 8.51. The highest BCUT2D eigenvalue weighted by atomic mass is 16.5. The van der Waals surface area contributed by atoms with E-state index in [4.69, 9.17) is 14.2 Å². The van der Waals surface area contributed by atoms with Crippen LogP contribution in [-0.2, 0) is 19.0 Å². The van der Waals surface area contributed by atoms with Crippen LogP contribution >= 0.6 is 0 Å². The molecule has 5 heteroatoms. The predicted octanol–water partition coefficient (Wildman–Crippen LogP) is 1.75. The number of amides is 1. The van der Waals surface area contributed by atoms with Crippen molar-refractivity contribution in [3.05, 3.63) is 0 Å². The third-order valence-electron chi connectivity index (χ3n) is 1.88. The number of carbonyl (C=O) groups is 1. The van der Waals surface area contributed by atoms with Crippen LogP contribution in [0.2, 0.25) is 0 Å². The van der Waals surface area contributed by atoms with Gasteiger partial charge in [0, 0.05) is 5.54 Å². The molecule has 1 amide bonds. The molecule has 0 aromatic rings. The standard InChI is InChI=1S/C14H29NO4/c1-13(2,3)15-12(16)11-18-8-7-17-9-10-19-14(4,5)6/h7-11H2,1-6H3,(H,15,16). The van der Waals surface area contributed by atoms with Crippen molar-refractivity contribution in [1.29, 1.82) is 0 Å². The van der Waals surface area contributed by atoms with Crippen molar-refractivity contribution in [1.82, 2.24) is 5.32 Å². The maximum Gasteiger partial charge on any atom is 0.246 e. The maximum absolute atomic E-state index is 11.4. The van der Waals surface area contributed by atoms with Crippen LogP contribution in [0.15, 0.2) is 0 Å². The molecule has 1 N–H and O–H groups in total. The van der Waals surface area contributed by atoms with Crippen molar-refractivity contribution in [2.45, 2.75) is 52.7 Å². The molecule has 114 valence electrons. The van der Waals surface area contributed by atoms with Gasteiger partial charge in [0.15, 0.2) is 0 Å². The molecule has 0 aromatic heterocycles. The Bertz CT molecular complexity index is 253. The van der Waals surface area contributed by atoms with Crippen molar-refractivity contribution in [2.75, 3.05) is 33.0 Å². The van der Waals surface area contributed by atoms with Gasteiger partial charge in [-0.25, -0.2) is 0 Å². The number of carbonyl (C=O) groups excluding carboxylic acids is 1. The predicted molar refractivity (Wildman–Crippen MR) is 75.2 cm³/mol. The fourth-order valence-corrected chi connectivity index (χ4v) is 1.25. The molecule has 0 saturated heterocycles. The zero-order chi connectivity index (χ0) is 14.9. The van der Waals surface area contributed by atoms with E-state index in [2.05, 4.69) is 5.32 Å². The zero-order valence-corrected chi connectivity index (χ0v) is 13.2. The summed E-state index contributed by atoms with van der Waals surface area (Å²) < 4.78 is 16.0. The Hall–Kier alpha value is -0.650. The van der Waals surface area contributed by atoms with Crippen LogP contribution in [0.25, 0.3) is 0 Å². The molecule has 0 fully saturated rings. The first-order valence-corrected chi connectivity index (χ1v) is 6.71. The van der Waals surface area contributed by atoms with Gasteiger partial charge in [-0.1, -0.05) is 0 Å². The Morgan fingerprint density at radius 2 is 1.42 bits per heavy atom. The van der Waals surface area contributed by atoms with E-state index in [1.807, 2.05) is 41.5 Å². The van der Waals surface area contributed by atoms with Crippen molar-refractivity contribution in [3.8, 4) is 0 Å². The van der Waals surface area contributed by atoms with Gasteiger partial charge in [0.05, 0.1) is 32.0 Å². The summed E-state index contributed by atoms with van der Waals surface area (Å²) in [5.41, 5.74) is -0.355. The summed E-state index contributed by atoms with van der Waals surface area (Å²) in [6, 6.07) is 0. The van der Waals surface area contributed by atoms with Crippen LogP contribution in [0.3, 0.4) is 0 Å². The first-order valence-electron chi connectivity index (χ1n) is 6.71. The van der Waals surface area contributed by atoms with Gasteiger partial charge in [-0.05, 0) is 41.5 Å². The van der Waals surface area contributed by atoms with E-state index < -0.39 is 0 Å². The highest BCUT2D eigenvalue weighted by Crippen LogP contribution is 2.05. The second-order valence-corrected chi connectivity index (χ2v) is 6.42. The molecule has 0 aliphatic heterocycles. The third-order valence-corrected chi connectivity index (χ3v) is 1.88. The minimum absolute atomic E-state index is 0.0686. The topological polar surface area (TPSA) is 56.8 Å². The molecule has 0 rings (SSSR count). The van der Waals surface area contributed by atoms with Crippen LogP contribution < -0.4 is 5.32 Å². The first kappa shape index (κ1) is 18.4. The minimum Gasteiger partial charge on any atom is -0.377 e.